The minimum atomic E-state index is 0.0693. The molecule has 1 aromatic rings. The topological polar surface area (TPSA) is 20.3 Å². The van der Waals surface area contributed by atoms with Crippen LogP contribution in [0.2, 0.25) is 5.02 Å². The number of carbonyl (C=O) groups excluding carboxylic acids is 1. The van der Waals surface area contributed by atoms with E-state index < -0.39 is 0 Å². The number of amides is 1. The van der Waals surface area contributed by atoms with Crippen LogP contribution >= 0.6 is 34.5 Å². The zero-order valence-corrected chi connectivity index (χ0v) is 11.8. The minimum Gasteiger partial charge on any atom is -0.335 e. The third kappa shape index (κ3) is 2.95. The number of rotatable bonds is 5. The van der Waals surface area contributed by atoms with E-state index in [0.29, 0.717) is 21.8 Å². The first kappa shape index (κ1) is 13.2. The molecule has 1 aliphatic rings. The number of thiophene rings is 1. The lowest BCUT2D eigenvalue weighted by molar-refractivity contribution is 0.0586. The van der Waals surface area contributed by atoms with E-state index in [9.17, 15) is 4.79 Å². The first-order valence-electron chi connectivity index (χ1n) is 5.84. The number of hydrogen-bond donors (Lipinski definition) is 0. The van der Waals surface area contributed by atoms with Gasteiger partial charge in [-0.15, -0.1) is 22.9 Å². The second-order valence-corrected chi connectivity index (χ2v) is 5.92. The minimum absolute atomic E-state index is 0.0693. The monoisotopic (exact) mass is 291 g/mol. The number of alkyl halides is 1. The zero-order chi connectivity index (χ0) is 12.3. The molecule has 1 aliphatic carbocycles. The van der Waals surface area contributed by atoms with Crippen LogP contribution in [0.4, 0.5) is 0 Å². The Morgan fingerprint density at radius 1 is 1.53 bits per heavy atom. The van der Waals surface area contributed by atoms with Crippen molar-refractivity contribution in [1.29, 1.82) is 0 Å². The molecule has 0 aliphatic heterocycles. The molecule has 0 saturated heterocycles. The predicted molar refractivity (Wildman–Crippen MR) is 73.3 cm³/mol. The Morgan fingerprint density at radius 2 is 2.29 bits per heavy atom. The maximum absolute atomic E-state index is 12.4. The molecule has 2 rings (SSSR count). The highest BCUT2D eigenvalue weighted by Crippen LogP contribution is 2.30. The van der Waals surface area contributed by atoms with Gasteiger partial charge in [0, 0.05) is 18.5 Å². The fourth-order valence-electron chi connectivity index (χ4n) is 1.96. The Labute approximate surface area is 116 Å². The second kappa shape index (κ2) is 6.07. The molecule has 0 radical (unpaired) electrons. The molecule has 94 valence electrons. The summed E-state index contributed by atoms with van der Waals surface area (Å²) in [4.78, 5) is 15.0. The molecule has 5 heteroatoms. The van der Waals surface area contributed by atoms with E-state index in [2.05, 4.69) is 0 Å². The molecule has 0 atom stereocenters. The smallest absolute Gasteiger partial charge is 0.265 e. The molecule has 17 heavy (non-hydrogen) atoms. The summed E-state index contributed by atoms with van der Waals surface area (Å²) in [5.41, 5.74) is 0. The van der Waals surface area contributed by atoms with Crippen molar-refractivity contribution in [1.82, 2.24) is 4.90 Å². The van der Waals surface area contributed by atoms with Gasteiger partial charge in [0.05, 0.1) is 5.02 Å². The van der Waals surface area contributed by atoms with Crippen LogP contribution in [-0.4, -0.2) is 29.3 Å². The van der Waals surface area contributed by atoms with Crippen LogP contribution in [0.15, 0.2) is 11.4 Å². The van der Waals surface area contributed by atoms with E-state index in [1.807, 2.05) is 10.3 Å². The van der Waals surface area contributed by atoms with Crippen molar-refractivity contribution in [2.45, 2.75) is 31.7 Å². The summed E-state index contributed by atoms with van der Waals surface area (Å²) in [7, 11) is 0. The van der Waals surface area contributed by atoms with Crippen LogP contribution in [0.1, 0.15) is 35.4 Å². The van der Waals surface area contributed by atoms with Crippen LogP contribution in [0, 0.1) is 0 Å². The average Bonchev–Trinajstić information content (AvgIpc) is 2.67. The van der Waals surface area contributed by atoms with Crippen LogP contribution in [0.3, 0.4) is 0 Å². The van der Waals surface area contributed by atoms with E-state index in [0.717, 1.165) is 25.8 Å². The fraction of sp³-hybridized carbons (Fsp3) is 0.583. The molecule has 1 saturated carbocycles. The van der Waals surface area contributed by atoms with Crippen molar-refractivity contribution < 1.29 is 4.79 Å². The third-order valence-electron chi connectivity index (χ3n) is 3.12. The lowest BCUT2D eigenvalue weighted by atomic mass is 9.91. The normalized spacial score (nSPS) is 15.6. The van der Waals surface area contributed by atoms with Crippen molar-refractivity contribution in [2.24, 2.45) is 0 Å². The predicted octanol–water partition coefficient (Wildman–Crippen LogP) is 4.03. The molecular weight excluding hydrogens is 277 g/mol. The van der Waals surface area contributed by atoms with Gasteiger partial charge in [0.2, 0.25) is 0 Å². The standard InChI is InChI=1S/C12H15Cl2NOS/c13-6-2-7-15(9-3-1-4-9)12(16)11-10(14)5-8-17-11/h5,8-9H,1-4,6-7H2. The lowest BCUT2D eigenvalue weighted by Crippen LogP contribution is -2.44. The SMILES string of the molecule is O=C(c1sccc1Cl)N(CCCCl)C1CCC1. The van der Waals surface area contributed by atoms with Crippen molar-refractivity contribution in [3.8, 4) is 0 Å². The van der Waals surface area contributed by atoms with E-state index in [-0.39, 0.29) is 5.91 Å². The molecule has 2 nitrogen and oxygen atoms in total. The Hall–Kier alpha value is -0.250. The molecule has 1 fully saturated rings. The summed E-state index contributed by atoms with van der Waals surface area (Å²) in [6, 6.07) is 2.17. The Bertz CT molecular complexity index is 390. The van der Waals surface area contributed by atoms with Crippen molar-refractivity contribution in [3.63, 3.8) is 0 Å². The van der Waals surface area contributed by atoms with Crippen molar-refractivity contribution in [3.05, 3.63) is 21.3 Å². The largest absolute Gasteiger partial charge is 0.335 e. The van der Waals surface area contributed by atoms with Gasteiger partial charge in [-0.1, -0.05) is 11.6 Å². The Balaban J connectivity index is 2.09. The van der Waals surface area contributed by atoms with Crippen LogP contribution < -0.4 is 0 Å². The van der Waals surface area contributed by atoms with Crippen molar-refractivity contribution >= 4 is 40.4 Å². The summed E-state index contributed by atoms with van der Waals surface area (Å²) in [6.45, 7) is 0.737. The van der Waals surface area contributed by atoms with Gasteiger partial charge < -0.3 is 4.90 Å². The van der Waals surface area contributed by atoms with Gasteiger partial charge >= 0.3 is 0 Å². The Kier molecular flexibility index (Phi) is 4.71. The van der Waals surface area contributed by atoms with Gasteiger partial charge in [-0.25, -0.2) is 0 Å². The summed E-state index contributed by atoms with van der Waals surface area (Å²) in [6.07, 6.45) is 4.27. The van der Waals surface area contributed by atoms with E-state index in [1.165, 1.54) is 17.8 Å². The van der Waals surface area contributed by atoms with Gasteiger partial charge in [-0.2, -0.15) is 0 Å². The zero-order valence-electron chi connectivity index (χ0n) is 9.49. The van der Waals surface area contributed by atoms with Crippen LogP contribution in [0.25, 0.3) is 0 Å². The van der Waals surface area contributed by atoms with E-state index in [4.69, 9.17) is 23.2 Å². The molecule has 1 aromatic heterocycles. The first-order valence-corrected chi connectivity index (χ1v) is 7.63. The second-order valence-electron chi connectivity index (χ2n) is 4.22. The highest BCUT2D eigenvalue weighted by Gasteiger charge is 2.30. The molecular formula is C12H15Cl2NOS. The van der Waals surface area contributed by atoms with Gasteiger partial charge in [-0.05, 0) is 37.1 Å². The molecule has 0 N–H and O–H groups in total. The first-order chi connectivity index (χ1) is 8.24. The third-order valence-corrected chi connectivity index (χ3v) is 4.72. The molecule has 0 spiro atoms. The van der Waals surface area contributed by atoms with E-state index >= 15 is 0 Å². The van der Waals surface area contributed by atoms with Gasteiger partial charge in [0.15, 0.2) is 0 Å². The highest BCUT2D eigenvalue weighted by molar-refractivity contribution is 7.12. The molecule has 0 bridgehead atoms. The summed E-state index contributed by atoms with van der Waals surface area (Å²) in [5, 5.41) is 2.42. The molecule has 1 heterocycles. The van der Waals surface area contributed by atoms with Gasteiger partial charge in [-0.3, -0.25) is 4.79 Å². The van der Waals surface area contributed by atoms with E-state index in [1.54, 1.807) is 6.07 Å². The summed E-state index contributed by atoms with van der Waals surface area (Å²) < 4.78 is 0. The maximum Gasteiger partial charge on any atom is 0.265 e. The Morgan fingerprint density at radius 3 is 2.76 bits per heavy atom. The van der Waals surface area contributed by atoms with Crippen LogP contribution in [-0.2, 0) is 0 Å². The number of nitrogens with zero attached hydrogens (tertiary/aromatic N) is 1. The lowest BCUT2D eigenvalue weighted by Gasteiger charge is -2.37. The number of hydrogen-bond acceptors (Lipinski definition) is 2. The van der Waals surface area contributed by atoms with Gasteiger partial charge in [0.25, 0.3) is 5.91 Å². The molecule has 1 amide bonds. The van der Waals surface area contributed by atoms with Gasteiger partial charge in [0.1, 0.15) is 4.88 Å². The molecule has 0 aromatic carbocycles. The summed E-state index contributed by atoms with van der Waals surface area (Å²) >= 11 is 13.1. The van der Waals surface area contributed by atoms with Crippen LogP contribution in [0.5, 0.6) is 0 Å². The fourth-order valence-corrected chi connectivity index (χ4v) is 3.17. The maximum atomic E-state index is 12.4. The quantitative estimate of drug-likeness (QED) is 0.750. The number of carbonyl (C=O) groups is 1. The average molecular weight is 292 g/mol. The number of halogens is 2. The van der Waals surface area contributed by atoms with Crippen molar-refractivity contribution in [2.75, 3.05) is 12.4 Å². The highest BCUT2D eigenvalue weighted by atomic mass is 35.5. The summed E-state index contributed by atoms with van der Waals surface area (Å²) in [5.74, 6) is 0.661. The molecule has 0 unspecified atom stereocenters.